The Hall–Kier alpha value is -5.43. The van der Waals surface area contributed by atoms with Crippen LogP contribution in [0.15, 0.2) is 76.9 Å². The van der Waals surface area contributed by atoms with E-state index in [-0.39, 0.29) is 58.0 Å². The first-order valence-corrected chi connectivity index (χ1v) is 24.0. The number of halogens is 1. The fourth-order valence-electron chi connectivity index (χ4n) is 10.8. The number of fused-ring (bicyclic) bond motifs is 1. The first-order valence-electron chi connectivity index (χ1n) is 22.0. The maximum Gasteiger partial charge on any atom is 0.274 e. The van der Waals surface area contributed by atoms with E-state index >= 15 is 0 Å². The average molecular weight is 909 g/mol. The van der Waals surface area contributed by atoms with Gasteiger partial charge < -0.3 is 34.0 Å². The highest BCUT2D eigenvalue weighted by Crippen LogP contribution is 2.56. The van der Waals surface area contributed by atoms with Crippen LogP contribution in [-0.2, 0) is 21.6 Å². The summed E-state index contributed by atoms with van der Waals surface area (Å²) in [5, 5.41) is 13.5. The molecule has 5 aromatic rings. The number of amides is 1. The van der Waals surface area contributed by atoms with Gasteiger partial charge >= 0.3 is 0 Å². The second-order valence-electron chi connectivity index (χ2n) is 19.3. The predicted octanol–water partition coefficient (Wildman–Crippen LogP) is 7.63. The van der Waals surface area contributed by atoms with Crippen molar-refractivity contribution < 1.29 is 27.4 Å². The Morgan fingerprint density at radius 2 is 1.67 bits per heavy atom. The van der Waals surface area contributed by atoms with Crippen LogP contribution in [0.4, 0.5) is 5.95 Å². The van der Waals surface area contributed by atoms with Crippen molar-refractivity contribution in [1.29, 1.82) is 5.26 Å². The summed E-state index contributed by atoms with van der Waals surface area (Å²) in [6.07, 6.45) is 12.2. The molecule has 4 aliphatic rings. The first-order chi connectivity index (χ1) is 30.4. The molecule has 2 N–H and O–H groups in total. The molecule has 4 heterocycles. The van der Waals surface area contributed by atoms with Crippen molar-refractivity contribution in [3.63, 3.8) is 0 Å². The average Bonchev–Trinajstić information content (AvgIpc) is 3.75. The van der Waals surface area contributed by atoms with Gasteiger partial charge in [-0.15, -0.1) is 0 Å². The summed E-state index contributed by atoms with van der Waals surface area (Å²) in [6.45, 7) is 11.6. The van der Waals surface area contributed by atoms with Gasteiger partial charge in [-0.05, 0) is 67.5 Å². The zero-order valence-electron chi connectivity index (χ0n) is 37.0. The summed E-state index contributed by atoms with van der Waals surface area (Å²) >= 11 is 6.26. The van der Waals surface area contributed by atoms with Crippen LogP contribution in [0.1, 0.15) is 89.1 Å². The number of hydrogen-bond acceptors (Lipinski definition) is 11. The molecule has 336 valence electrons. The monoisotopic (exact) mass is 907 g/mol. The second kappa shape index (κ2) is 16.2. The number of ether oxygens (including phenoxy) is 3. The molecular weight excluding hydrogens is 854 g/mol. The van der Waals surface area contributed by atoms with E-state index in [0.29, 0.717) is 50.1 Å². The van der Waals surface area contributed by atoms with Crippen molar-refractivity contribution in [3.05, 3.63) is 93.8 Å². The normalized spacial score (nSPS) is 23.4. The third-order valence-electron chi connectivity index (χ3n) is 14.4. The number of carbonyl (C=O) groups is 1. The van der Waals surface area contributed by atoms with Crippen LogP contribution in [0.25, 0.3) is 22.0 Å². The highest BCUT2D eigenvalue weighted by atomic mass is 35.5. The Balaban J connectivity index is 0.747. The molecule has 16 heteroatoms. The van der Waals surface area contributed by atoms with Crippen LogP contribution in [0, 0.1) is 27.6 Å². The number of pyridine rings is 1. The Labute approximate surface area is 378 Å². The topological polar surface area (TPSA) is 182 Å². The summed E-state index contributed by atoms with van der Waals surface area (Å²) in [5.74, 6) is 1.52. The number of nitrogens with zero attached hydrogens (tertiary/aromatic N) is 5. The van der Waals surface area contributed by atoms with Gasteiger partial charge in [0.15, 0.2) is 9.84 Å². The number of piperidine rings is 1. The van der Waals surface area contributed by atoms with Crippen molar-refractivity contribution >= 4 is 44.2 Å². The molecule has 64 heavy (non-hydrogen) atoms. The van der Waals surface area contributed by atoms with E-state index in [2.05, 4.69) is 58.9 Å². The van der Waals surface area contributed by atoms with Gasteiger partial charge in [0.2, 0.25) is 5.95 Å². The van der Waals surface area contributed by atoms with Crippen molar-refractivity contribution in [3.8, 4) is 28.7 Å². The minimum atomic E-state index is -3.48. The van der Waals surface area contributed by atoms with Crippen LogP contribution < -0.4 is 25.2 Å². The molecule has 0 bridgehead atoms. The Bertz CT molecular complexity index is 2810. The largest absolute Gasteiger partial charge is 0.490 e. The first kappa shape index (κ1) is 43.8. The van der Waals surface area contributed by atoms with Crippen molar-refractivity contribution in [2.24, 2.45) is 23.3 Å². The number of anilines is 1. The summed E-state index contributed by atoms with van der Waals surface area (Å²) in [5.41, 5.74) is 1.89. The van der Waals surface area contributed by atoms with Crippen molar-refractivity contribution in [2.45, 2.75) is 108 Å². The molecule has 0 radical (unpaired) electrons. The summed E-state index contributed by atoms with van der Waals surface area (Å²) < 4.78 is 46.7. The van der Waals surface area contributed by atoms with Crippen LogP contribution in [0.5, 0.6) is 11.5 Å². The van der Waals surface area contributed by atoms with Crippen molar-refractivity contribution in [1.82, 2.24) is 24.8 Å². The van der Waals surface area contributed by atoms with Gasteiger partial charge in [0.1, 0.15) is 35.3 Å². The molecule has 9 rings (SSSR count). The molecule has 0 unspecified atom stereocenters. The quantitative estimate of drug-likeness (QED) is 0.126. The Kier molecular flexibility index (Phi) is 11.1. The Morgan fingerprint density at radius 3 is 2.33 bits per heavy atom. The number of H-pyrrole nitrogens is 1. The molecule has 3 aliphatic carbocycles. The predicted molar refractivity (Wildman–Crippen MR) is 244 cm³/mol. The van der Waals surface area contributed by atoms with Crippen LogP contribution in [0.3, 0.4) is 0 Å². The fourth-order valence-corrected chi connectivity index (χ4v) is 12.0. The van der Waals surface area contributed by atoms with Gasteiger partial charge in [-0.3, -0.25) is 9.59 Å². The van der Waals surface area contributed by atoms with E-state index in [1.807, 2.05) is 6.07 Å². The molecule has 2 aromatic carbocycles. The number of sulfone groups is 1. The molecular formula is C48H54ClN7O7S. The van der Waals surface area contributed by atoms with E-state index in [1.54, 1.807) is 75.2 Å². The van der Waals surface area contributed by atoms with Gasteiger partial charge in [-0.25, -0.2) is 18.4 Å². The zero-order valence-corrected chi connectivity index (χ0v) is 38.6. The van der Waals surface area contributed by atoms with E-state index < -0.39 is 20.7 Å². The van der Waals surface area contributed by atoms with Gasteiger partial charge in [-0.1, -0.05) is 46.2 Å². The molecule has 14 nitrogen and oxygen atoms in total. The van der Waals surface area contributed by atoms with E-state index in [4.69, 9.17) is 25.8 Å². The lowest BCUT2D eigenvalue weighted by atomic mass is 9.49. The number of aromatic amines is 1. The van der Waals surface area contributed by atoms with E-state index in [9.17, 15) is 23.3 Å². The number of nitriles is 1. The van der Waals surface area contributed by atoms with E-state index in [1.165, 1.54) is 4.57 Å². The molecule has 0 atom stereocenters. The number of benzene rings is 2. The molecule has 3 aromatic heterocycles. The zero-order chi connectivity index (χ0) is 45.3. The molecule has 4 fully saturated rings. The van der Waals surface area contributed by atoms with Crippen LogP contribution >= 0.6 is 11.6 Å². The van der Waals surface area contributed by atoms with E-state index in [0.717, 1.165) is 57.2 Å². The number of nitrogens with one attached hydrogen (secondary N) is 2. The molecule has 3 saturated carbocycles. The lowest BCUT2D eigenvalue weighted by Crippen LogP contribution is -2.74. The molecule has 1 saturated heterocycles. The maximum atomic E-state index is 13.5. The number of aryl methyl sites for hydroxylation is 1. The standard InChI is InChI=1S/C48H54ClN7O7S/c1-7-64(59,60)34-10-11-39(36(21-34)37-27-55(6)42(58)40-35(37)12-15-51-40)62-32-18-31(19-32)61-33-22-48(23-33)13-16-56(17-14-48)45-52-25-29(26-53-45)41(57)54-43-46(2,3)44(47(43,4)5)63-30-9-8-28(24-50)38(49)20-30/h8-12,15,20-21,25-27,31-33,43-44,51H,7,13-14,16-19,22-23H2,1-6H3,(H,54,57). The number of hydrogen-bond donors (Lipinski definition) is 2. The van der Waals surface area contributed by atoms with Gasteiger partial charge in [-0.2, -0.15) is 5.26 Å². The van der Waals surface area contributed by atoms with Crippen LogP contribution in [0.2, 0.25) is 5.02 Å². The molecule has 1 aliphatic heterocycles. The van der Waals surface area contributed by atoms with Crippen LogP contribution in [-0.4, -0.2) is 83.1 Å². The van der Waals surface area contributed by atoms with Gasteiger partial charge in [0.25, 0.3) is 11.5 Å². The van der Waals surface area contributed by atoms with Crippen molar-refractivity contribution in [2.75, 3.05) is 23.7 Å². The highest BCUT2D eigenvalue weighted by Gasteiger charge is 2.64. The molecule has 1 amide bonds. The highest BCUT2D eigenvalue weighted by molar-refractivity contribution is 7.91. The smallest absolute Gasteiger partial charge is 0.274 e. The lowest BCUT2D eigenvalue weighted by Gasteiger charge is -2.63. The number of carbonyl (C=O) groups excluding carboxylic acids is 1. The SMILES string of the molecule is CCS(=O)(=O)c1ccc(OC2CC(OC3CC4(CCN(c5ncc(C(=O)NC6C(C)(C)C(Oc7ccc(C#N)c(Cl)c7)C6(C)C)cn5)CC4)C3)C2)c(-c2cn(C)c(=O)c3[nH]ccc23)c1. The number of aromatic nitrogens is 4. The number of rotatable bonds is 12. The maximum absolute atomic E-state index is 13.5. The molecule has 1 spiro atoms. The fraction of sp³-hybridized carbons (Fsp3) is 0.479. The lowest BCUT2D eigenvalue weighted by molar-refractivity contribution is -0.164. The van der Waals surface area contributed by atoms with Gasteiger partial charge in [0, 0.05) is 97.2 Å². The Morgan fingerprint density at radius 1 is 0.969 bits per heavy atom. The summed E-state index contributed by atoms with van der Waals surface area (Å²) in [7, 11) is -1.80. The third kappa shape index (κ3) is 7.81. The van der Waals surface area contributed by atoms with Gasteiger partial charge in [0.05, 0.1) is 39.0 Å². The minimum absolute atomic E-state index is 0.0231. The summed E-state index contributed by atoms with van der Waals surface area (Å²) in [4.78, 5) is 41.0. The second-order valence-corrected chi connectivity index (χ2v) is 22.0. The third-order valence-corrected chi connectivity index (χ3v) is 16.4. The minimum Gasteiger partial charge on any atom is -0.490 e. The summed E-state index contributed by atoms with van der Waals surface area (Å²) in [6, 6.07) is 13.8.